The van der Waals surface area contributed by atoms with Crippen LogP contribution in [-0.4, -0.2) is 70.5 Å². The number of hydrogen-bond acceptors (Lipinski definition) is 8. The van der Waals surface area contributed by atoms with Crippen molar-refractivity contribution < 1.29 is 46.1 Å². The van der Waals surface area contributed by atoms with E-state index >= 15 is 0 Å². The largest absolute Gasteiger partial charge is 0.493 e. The first-order chi connectivity index (χ1) is 22.3. The molecule has 48 heavy (non-hydrogen) atoms. The van der Waals surface area contributed by atoms with Gasteiger partial charge in [0.2, 0.25) is 5.60 Å². The zero-order chi connectivity index (χ0) is 35.7. The van der Waals surface area contributed by atoms with Gasteiger partial charge in [-0.25, -0.2) is 9.37 Å². The third-order valence-corrected chi connectivity index (χ3v) is 13.7. The molecule has 0 saturated carbocycles. The number of carbonyl (C=O) groups is 1. The highest BCUT2D eigenvalue weighted by atomic mass is 28.4. The number of carbonyl (C=O) groups excluding carboxylic acids is 1. The predicted octanol–water partition coefficient (Wildman–Crippen LogP) is 6.09. The number of methoxy groups -OCH3 is 1. The highest BCUT2D eigenvalue weighted by Crippen LogP contribution is 2.47. The van der Waals surface area contributed by atoms with Crippen LogP contribution in [0, 0.1) is 5.82 Å². The Balaban J connectivity index is 1.59. The van der Waals surface area contributed by atoms with E-state index in [1.807, 2.05) is 0 Å². The van der Waals surface area contributed by atoms with Gasteiger partial charge in [0.1, 0.15) is 23.9 Å². The molecule has 9 nitrogen and oxygen atoms in total. The van der Waals surface area contributed by atoms with Crippen molar-refractivity contribution in [2.75, 3.05) is 40.0 Å². The van der Waals surface area contributed by atoms with Gasteiger partial charge in [0, 0.05) is 28.7 Å². The van der Waals surface area contributed by atoms with E-state index in [1.165, 1.54) is 37.4 Å². The fraction of sp³-hybridized carbons (Fsp3) is 0.471. The summed E-state index contributed by atoms with van der Waals surface area (Å²) in [4.78, 5) is 17.3. The van der Waals surface area contributed by atoms with E-state index in [2.05, 4.69) is 44.2 Å². The number of ether oxygens (including phenoxy) is 3. The summed E-state index contributed by atoms with van der Waals surface area (Å²) in [7, 11) is -0.613. The lowest BCUT2D eigenvalue weighted by molar-refractivity contribution is -0.265. The minimum atomic E-state index is -5.28. The Kier molecular flexibility index (Phi) is 10.6. The van der Waals surface area contributed by atoms with Crippen LogP contribution in [0.25, 0.3) is 11.3 Å². The fourth-order valence-corrected chi connectivity index (χ4v) is 5.89. The smallest absolute Gasteiger partial charge is 0.424 e. The molecule has 3 aromatic rings. The molecule has 0 radical (unpaired) electrons. The van der Waals surface area contributed by atoms with Crippen molar-refractivity contribution in [3.05, 3.63) is 71.2 Å². The van der Waals surface area contributed by atoms with Gasteiger partial charge in [0.05, 0.1) is 32.6 Å². The number of nitrogens with zero attached hydrogens (tertiary/aromatic N) is 1. The van der Waals surface area contributed by atoms with E-state index in [0.717, 1.165) is 18.2 Å². The van der Waals surface area contributed by atoms with Crippen LogP contribution in [0.15, 0.2) is 48.5 Å². The molecule has 1 aliphatic heterocycles. The quantitative estimate of drug-likeness (QED) is 0.118. The maximum Gasteiger partial charge on any atom is 0.424 e. The summed E-state index contributed by atoms with van der Waals surface area (Å²) < 4.78 is 81.0. The maximum absolute atomic E-state index is 14.7. The molecule has 14 heteroatoms. The molecule has 2 heterocycles. The number of rotatable bonds is 12. The number of benzene rings is 2. The zero-order valence-electron chi connectivity index (χ0n) is 28.2. The van der Waals surface area contributed by atoms with Gasteiger partial charge >= 0.3 is 6.18 Å². The second-order valence-corrected chi connectivity index (χ2v) is 18.5. The van der Waals surface area contributed by atoms with E-state index < -0.39 is 49.5 Å². The lowest BCUT2D eigenvalue weighted by atomic mass is 9.82. The number of pyridine rings is 1. The number of fused-ring (bicyclic) bond motifs is 1. The van der Waals surface area contributed by atoms with Crippen molar-refractivity contribution in [2.24, 2.45) is 5.73 Å². The average Bonchev–Trinajstić information content (AvgIpc) is 3.37. The van der Waals surface area contributed by atoms with Gasteiger partial charge < -0.3 is 34.8 Å². The molecule has 2 aromatic carbocycles. The van der Waals surface area contributed by atoms with Crippen molar-refractivity contribution in [3.8, 4) is 28.5 Å². The van der Waals surface area contributed by atoms with Gasteiger partial charge in [-0.3, -0.25) is 4.79 Å². The third kappa shape index (κ3) is 7.46. The summed E-state index contributed by atoms with van der Waals surface area (Å²) >= 11 is 0. The van der Waals surface area contributed by atoms with Gasteiger partial charge in [0.25, 0.3) is 5.91 Å². The number of halogens is 4. The molecule has 1 unspecified atom stereocenters. The first-order valence-electron chi connectivity index (χ1n) is 15.4. The van der Waals surface area contributed by atoms with Gasteiger partial charge in [-0.1, -0.05) is 27.7 Å². The van der Waals surface area contributed by atoms with Crippen LogP contribution in [0.4, 0.5) is 17.6 Å². The Hall–Kier alpha value is -3.72. The standard InChI is InChI=1S/C34H43F4N3O6Si/c1-31(2,3)48(6,7)47-15-14-45-25-13-10-22(16-26(25)44-5)30(42)40-19-33(43,34(36,37)38)27-17-24-29(46-20-32(24,4)18-39)28(41-27)21-8-11-23(35)12-9-21/h8-13,16-17,43H,14-15,18-20,39H2,1-7H3,(H,40,42)/t32-,33?/m0/s1. The van der Waals surface area contributed by atoms with Crippen molar-refractivity contribution in [2.45, 2.75) is 63.0 Å². The second-order valence-electron chi connectivity index (χ2n) is 13.7. The highest BCUT2D eigenvalue weighted by molar-refractivity contribution is 6.74. The van der Waals surface area contributed by atoms with Crippen LogP contribution in [0.5, 0.6) is 17.2 Å². The lowest BCUT2D eigenvalue weighted by Crippen LogP contribution is -2.51. The van der Waals surface area contributed by atoms with Gasteiger partial charge in [0.15, 0.2) is 19.8 Å². The second kappa shape index (κ2) is 13.7. The minimum Gasteiger partial charge on any atom is -0.493 e. The van der Waals surface area contributed by atoms with Crippen LogP contribution in [0.2, 0.25) is 18.1 Å². The van der Waals surface area contributed by atoms with Crippen LogP contribution < -0.4 is 25.3 Å². The van der Waals surface area contributed by atoms with Crippen LogP contribution in [0.1, 0.15) is 49.3 Å². The molecule has 0 aliphatic carbocycles. The Morgan fingerprint density at radius 2 is 1.75 bits per heavy atom. The van der Waals surface area contributed by atoms with Crippen LogP contribution >= 0.6 is 0 Å². The Morgan fingerprint density at radius 3 is 2.33 bits per heavy atom. The van der Waals surface area contributed by atoms with Crippen LogP contribution in [0.3, 0.4) is 0 Å². The van der Waals surface area contributed by atoms with Crippen molar-refractivity contribution in [3.63, 3.8) is 0 Å². The predicted molar refractivity (Wildman–Crippen MR) is 175 cm³/mol. The number of amides is 1. The summed E-state index contributed by atoms with van der Waals surface area (Å²) in [5.74, 6) is -0.765. The van der Waals surface area contributed by atoms with E-state index in [-0.39, 0.29) is 53.1 Å². The van der Waals surface area contributed by atoms with Crippen LogP contribution in [-0.2, 0) is 15.4 Å². The molecular weight excluding hydrogens is 650 g/mol. The first-order valence-corrected chi connectivity index (χ1v) is 18.3. The molecule has 1 aromatic heterocycles. The molecule has 0 bridgehead atoms. The number of aliphatic hydroxyl groups is 1. The molecule has 4 rings (SSSR count). The topological polar surface area (TPSA) is 125 Å². The first kappa shape index (κ1) is 37.1. The van der Waals surface area contributed by atoms with Crippen molar-refractivity contribution >= 4 is 14.2 Å². The molecule has 4 N–H and O–H groups in total. The lowest BCUT2D eigenvalue weighted by Gasteiger charge is -2.36. The molecule has 2 atom stereocenters. The highest BCUT2D eigenvalue weighted by Gasteiger charge is 2.57. The number of nitrogens with one attached hydrogen (secondary N) is 1. The normalized spacial score (nSPS) is 17.7. The summed E-state index contributed by atoms with van der Waals surface area (Å²) in [6, 6.07) is 10.2. The molecule has 262 valence electrons. The number of nitrogens with two attached hydrogens (primary N) is 1. The third-order valence-electron chi connectivity index (χ3n) is 9.16. The number of aromatic nitrogens is 1. The minimum absolute atomic E-state index is 0.0243. The average molecular weight is 694 g/mol. The monoisotopic (exact) mass is 693 g/mol. The summed E-state index contributed by atoms with van der Waals surface area (Å²) in [5.41, 5.74) is 1.21. The maximum atomic E-state index is 14.7. The van der Waals surface area contributed by atoms with Gasteiger partial charge in [-0.2, -0.15) is 13.2 Å². The van der Waals surface area contributed by atoms with E-state index in [9.17, 15) is 27.5 Å². The molecule has 0 fully saturated rings. The van der Waals surface area contributed by atoms with Gasteiger partial charge in [-0.05, 0) is 66.7 Å². The fourth-order valence-electron chi connectivity index (χ4n) is 4.86. The molecule has 1 amide bonds. The summed E-state index contributed by atoms with van der Waals surface area (Å²) in [5, 5.41) is 13.5. The Bertz CT molecular complexity index is 1630. The Labute approximate surface area is 278 Å². The van der Waals surface area contributed by atoms with Crippen molar-refractivity contribution in [1.29, 1.82) is 0 Å². The summed E-state index contributed by atoms with van der Waals surface area (Å²) in [6.07, 6.45) is -5.28. The SMILES string of the molecule is COc1cc(C(=O)NCC(O)(c2cc3c(c(-c4ccc(F)cc4)n2)OC[C@]3(C)CN)C(F)(F)F)ccc1OCCO[Si](C)(C)C(C)(C)C. The molecule has 0 spiro atoms. The number of alkyl halides is 3. The molecular formula is C34H43F4N3O6Si. The molecule has 1 aliphatic rings. The molecule has 0 saturated heterocycles. The van der Waals surface area contributed by atoms with Gasteiger partial charge in [-0.15, -0.1) is 0 Å². The van der Waals surface area contributed by atoms with Crippen molar-refractivity contribution in [1.82, 2.24) is 10.3 Å². The number of hydrogen-bond donors (Lipinski definition) is 3. The van der Waals surface area contributed by atoms with E-state index in [4.69, 9.17) is 24.4 Å². The van der Waals surface area contributed by atoms with E-state index in [0.29, 0.717) is 17.9 Å². The summed E-state index contributed by atoms with van der Waals surface area (Å²) in [6.45, 7) is 11.7. The van der Waals surface area contributed by atoms with E-state index in [1.54, 1.807) is 6.92 Å². The Morgan fingerprint density at radius 1 is 1.08 bits per heavy atom. The zero-order valence-corrected chi connectivity index (χ0v) is 29.2.